The number of carbonyl (C=O) groups is 1. The molecule has 5 heteroatoms. The topological polar surface area (TPSA) is 68.0 Å². The van der Waals surface area contributed by atoms with E-state index in [1.807, 2.05) is 18.3 Å². The van der Waals surface area contributed by atoms with Gasteiger partial charge < -0.3 is 11.1 Å². The Morgan fingerprint density at radius 1 is 1.37 bits per heavy atom. The number of hydrogen-bond acceptors (Lipinski definition) is 4. The summed E-state index contributed by atoms with van der Waals surface area (Å²) in [6.07, 6.45) is 4.72. The van der Waals surface area contributed by atoms with Gasteiger partial charge in [-0.2, -0.15) is 0 Å². The maximum absolute atomic E-state index is 11.9. The van der Waals surface area contributed by atoms with Crippen LogP contribution in [0, 0.1) is 0 Å². The number of benzene rings is 1. The van der Waals surface area contributed by atoms with Crippen molar-refractivity contribution in [2.45, 2.75) is 25.2 Å². The van der Waals surface area contributed by atoms with Crippen LogP contribution in [0.5, 0.6) is 0 Å². The van der Waals surface area contributed by atoms with Crippen LogP contribution >= 0.6 is 11.3 Å². The third kappa shape index (κ3) is 3.12. The molecule has 1 fully saturated rings. The van der Waals surface area contributed by atoms with Gasteiger partial charge in [0.05, 0.1) is 6.42 Å². The molecule has 1 aromatic carbocycles. The Kier molecular flexibility index (Phi) is 3.21. The van der Waals surface area contributed by atoms with E-state index < -0.39 is 0 Å². The first-order valence-corrected chi connectivity index (χ1v) is 7.12. The summed E-state index contributed by atoms with van der Waals surface area (Å²) in [6, 6.07) is 7.34. The molecule has 0 atom stereocenters. The number of thiazole rings is 1. The maximum Gasteiger partial charge on any atom is 0.230 e. The number of nitrogens with zero attached hydrogens (tertiary/aromatic N) is 1. The van der Waals surface area contributed by atoms with Crippen molar-refractivity contribution in [3.8, 4) is 0 Å². The van der Waals surface area contributed by atoms with Crippen LogP contribution < -0.4 is 11.1 Å². The fourth-order valence-corrected chi connectivity index (χ4v) is 2.89. The molecule has 1 aliphatic rings. The van der Waals surface area contributed by atoms with E-state index in [2.05, 4.69) is 10.3 Å². The van der Waals surface area contributed by atoms with Gasteiger partial charge in [-0.15, -0.1) is 11.3 Å². The molecule has 0 spiro atoms. The van der Waals surface area contributed by atoms with Gasteiger partial charge in [0.1, 0.15) is 0 Å². The highest BCUT2D eigenvalue weighted by Crippen LogP contribution is 2.43. The van der Waals surface area contributed by atoms with Crippen molar-refractivity contribution in [1.82, 2.24) is 4.98 Å². The minimum Gasteiger partial charge on any atom is -0.399 e. The number of nitrogens with two attached hydrogens (primary N) is 1. The Morgan fingerprint density at radius 3 is 2.79 bits per heavy atom. The lowest BCUT2D eigenvalue weighted by molar-refractivity contribution is -0.115. The van der Waals surface area contributed by atoms with Gasteiger partial charge in [0.15, 0.2) is 5.13 Å². The number of amides is 1. The highest BCUT2D eigenvalue weighted by molar-refractivity contribution is 7.15. The van der Waals surface area contributed by atoms with E-state index in [0.717, 1.165) is 5.56 Å². The Balaban J connectivity index is 1.59. The van der Waals surface area contributed by atoms with Crippen molar-refractivity contribution in [2.75, 3.05) is 11.1 Å². The van der Waals surface area contributed by atoms with Crippen LogP contribution in [0.3, 0.4) is 0 Å². The van der Waals surface area contributed by atoms with Gasteiger partial charge in [0.2, 0.25) is 5.91 Å². The minimum atomic E-state index is -0.0403. The summed E-state index contributed by atoms with van der Waals surface area (Å²) in [5, 5.41) is 3.54. The predicted octanol–water partition coefficient (Wildman–Crippen LogP) is 2.78. The number of hydrogen-bond donors (Lipinski definition) is 2. The first-order chi connectivity index (χ1) is 9.20. The predicted molar refractivity (Wildman–Crippen MR) is 77.3 cm³/mol. The first kappa shape index (κ1) is 12.2. The molecule has 1 amide bonds. The van der Waals surface area contributed by atoms with Crippen molar-refractivity contribution in [2.24, 2.45) is 0 Å². The molecule has 4 nitrogen and oxygen atoms in total. The summed E-state index contributed by atoms with van der Waals surface area (Å²) >= 11 is 1.58. The van der Waals surface area contributed by atoms with Gasteiger partial charge in [0, 0.05) is 16.8 Å². The number of anilines is 2. The molecule has 3 rings (SSSR count). The van der Waals surface area contributed by atoms with Gasteiger partial charge >= 0.3 is 0 Å². The van der Waals surface area contributed by atoms with E-state index >= 15 is 0 Å². The summed E-state index contributed by atoms with van der Waals surface area (Å²) in [6.45, 7) is 0. The van der Waals surface area contributed by atoms with E-state index in [1.54, 1.807) is 23.5 Å². The molecule has 3 N–H and O–H groups in total. The highest BCUT2D eigenvalue weighted by Gasteiger charge is 2.25. The zero-order valence-corrected chi connectivity index (χ0v) is 11.2. The van der Waals surface area contributed by atoms with Crippen molar-refractivity contribution in [3.63, 3.8) is 0 Å². The molecule has 19 heavy (non-hydrogen) atoms. The summed E-state index contributed by atoms with van der Waals surface area (Å²) in [5.74, 6) is 0.640. The Hall–Kier alpha value is -1.88. The minimum absolute atomic E-state index is 0.0403. The van der Waals surface area contributed by atoms with Gasteiger partial charge in [-0.1, -0.05) is 12.1 Å². The lowest BCUT2D eigenvalue weighted by Gasteiger charge is -2.02. The normalized spacial score (nSPS) is 14.3. The zero-order chi connectivity index (χ0) is 13.2. The van der Waals surface area contributed by atoms with Gasteiger partial charge in [0.25, 0.3) is 0 Å². The first-order valence-electron chi connectivity index (χ1n) is 6.31. The number of nitrogen functional groups attached to an aromatic ring is 1. The molecular formula is C14H15N3OS. The second kappa shape index (κ2) is 5.01. The van der Waals surface area contributed by atoms with Crippen LogP contribution in [0.4, 0.5) is 10.8 Å². The second-order valence-corrected chi connectivity index (χ2v) is 5.87. The number of aromatic nitrogens is 1. The van der Waals surface area contributed by atoms with Crippen molar-refractivity contribution in [1.29, 1.82) is 0 Å². The molecule has 0 bridgehead atoms. The zero-order valence-electron chi connectivity index (χ0n) is 10.4. The molecule has 0 radical (unpaired) electrons. The van der Waals surface area contributed by atoms with Gasteiger partial charge in [-0.3, -0.25) is 4.79 Å². The van der Waals surface area contributed by atoms with E-state index in [1.165, 1.54) is 17.7 Å². The quantitative estimate of drug-likeness (QED) is 0.842. The van der Waals surface area contributed by atoms with Crippen LogP contribution in [0.25, 0.3) is 0 Å². The molecule has 0 unspecified atom stereocenters. The largest absolute Gasteiger partial charge is 0.399 e. The molecule has 1 heterocycles. The van der Waals surface area contributed by atoms with E-state index in [0.29, 0.717) is 23.2 Å². The smallest absolute Gasteiger partial charge is 0.230 e. The molecule has 1 saturated carbocycles. The summed E-state index contributed by atoms with van der Waals surface area (Å²) < 4.78 is 0. The molecule has 1 aromatic heterocycles. The average molecular weight is 273 g/mol. The fraction of sp³-hybridized carbons (Fsp3) is 0.286. The van der Waals surface area contributed by atoms with Crippen molar-refractivity contribution in [3.05, 3.63) is 40.9 Å². The number of carbonyl (C=O) groups excluding carboxylic acids is 1. The standard InChI is InChI=1S/C14H15N3OS/c15-11-5-1-9(2-6-11)7-13(18)17-14-16-8-12(19-14)10-3-4-10/h1-2,5-6,8,10H,3-4,7,15H2,(H,16,17,18). The SMILES string of the molecule is Nc1ccc(CC(=O)Nc2ncc(C3CC3)s2)cc1. The van der Waals surface area contributed by atoms with Crippen molar-refractivity contribution >= 4 is 28.1 Å². The van der Waals surface area contributed by atoms with Crippen LogP contribution in [-0.2, 0) is 11.2 Å². The molecule has 0 saturated heterocycles. The molecule has 1 aliphatic carbocycles. The fourth-order valence-electron chi connectivity index (χ4n) is 1.89. The van der Waals surface area contributed by atoms with E-state index in [-0.39, 0.29) is 5.91 Å². The third-order valence-corrected chi connectivity index (χ3v) is 4.17. The Labute approximate surface area is 115 Å². The van der Waals surface area contributed by atoms with Crippen LogP contribution in [-0.4, -0.2) is 10.9 Å². The van der Waals surface area contributed by atoms with Crippen molar-refractivity contribution < 1.29 is 4.79 Å². The lowest BCUT2D eigenvalue weighted by atomic mass is 10.1. The number of rotatable bonds is 4. The average Bonchev–Trinajstić information content (AvgIpc) is 3.14. The second-order valence-electron chi connectivity index (χ2n) is 4.81. The van der Waals surface area contributed by atoms with E-state index in [9.17, 15) is 4.79 Å². The summed E-state index contributed by atoms with van der Waals surface area (Å²) in [4.78, 5) is 17.4. The summed E-state index contributed by atoms with van der Waals surface area (Å²) in [5.41, 5.74) is 7.27. The van der Waals surface area contributed by atoms with Crippen LogP contribution in [0.15, 0.2) is 30.5 Å². The monoisotopic (exact) mass is 273 g/mol. The molecule has 98 valence electrons. The molecule has 0 aliphatic heterocycles. The lowest BCUT2D eigenvalue weighted by Crippen LogP contribution is -2.14. The van der Waals surface area contributed by atoms with Crippen LogP contribution in [0.2, 0.25) is 0 Å². The third-order valence-electron chi connectivity index (χ3n) is 3.09. The van der Waals surface area contributed by atoms with E-state index in [4.69, 9.17) is 5.73 Å². The number of nitrogens with one attached hydrogen (secondary N) is 1. The molecule has 2 aromatic rings. The van der Waals surface area contributed by atoms with Gasteiger partial charge in [-0.25, -0.2) is 4.98 Å². The highest BCUT2D eigenvalue weighted by atomic mass is 32.1. The maximum atomic E-state index is 11.9. The van der Waals surface area contributed by atoms with Gasteiger partial charge in [-0.05, 0) is 36.5 Å². The summed E-state index contributed by atoms with van der Waals surface area (Å²) in [7, 11) is 0. The molecular weight excluding hydrogens is 258 g/mol. The van der Waals surface area contributed by atoms with Crippen LogP contribution in [0.1, 0.15) is 29.2 Å². The Bertz CT molecular complexity index is 587. The Morgan fingerprint density at radius 2 is 2.11 bits per heavy atom.